The Kier molecular flexibility index (Phi) is 3.43. The van der Waals surface area contributed by atoms with Crippen molar-refractivity contribution in [1.82, 2.24) is 4.90 Å². The van der Waals surface area contributed by atoms with E-state index in [2.05, 4.69) is 56.1 Å². The molecule has 0 aliphatic carbocycles. The maximum atomic E-state index is 3.39. The van der Waals surface area contributed by atoms with Gasteiger partial charge in [-0.25, -0.2) is 0 Å². The van der Waals surface area contributed by atoms with E-state index in [0.717, 1.165) is 13.1 Å². The standard InChI is InChI=1S/C15H24N2/c1-5-16-14-7-6-13-11-17(15(2,3)4)9-8-12(13)10-14/h6-7,10,16H,5,8-9,11H2,1-4H3. The van der Waals surface area contributed by atoms with Crippen LogP contribution in [0.3, 0.4) is 0 Å². The van der Waals surface area contributed by atoms with Crippen LogP contribution in [0.2, 0.25) is 0 Å². The van der Waals surface area contributed by atoms with Gasteiger partial charge >= 0.3 is 0 Å². The summed E-state index contributed by atoms with van der Waals surface area (Å²) in [7, 11) is 0. The van der Waals surface area contributed by atoms with Crippen molar-refractivity contribution in [2.75, 3.05) is 18.4 Å². The van der Waals surface area contributed by atoms with Crippen LogP contribution in [0.5, 0.6) is 0 Å². The molecule has 2 rings (SSSR count). The lowest BCUT2D eigenvalue weighted by Crippen LogP contribution is -2.44. The smallest absolute Gasteiger partial charge is 0.0343 e. The van der Waals surface area contributed by atoms with Crippen LogP contribution in [0.1, 0.15) is 38.8 Å². The summed E-state index contributed by atoms with van der Waals surface area (Å²) in [5, 5.41) is 3.39. The van der Waals surface area contributed by atoms with Gasteiger partial charge in [-0.3, -0.25) is 4.90 Å². The lowest BCUT2D eigenvalue weighted by molar-refractivity contribution is 0.121. The average Bonchev–Trinajstić information content (AvgIpc) is 2.27. The molecule has 0 bridgehead atoms. The van der Waals surface area contributed by atoms with Crippen molar-refractivity contribution >= 4 is 5.69 Å². The van der Waals surface area contributed by atoms with Crippen LogP contribution in [0.4, 0.5) is 5.69 Å². The average molecular weight is 232 g/mol. The molecule has 0 saturated heterocycles. The molecule has 1 aromatic carbocycles. The lowest BCUT2D eigenvalue weighted by Gasteiger charge is -2.39. The molecule has 0 atom stereocenters. The highest BCUT2D eigenvalue weighted by molar-refractivity contribution is 5.49. The number of hydrogen-bond donors (Lipinski definition) is 1. The second-order valence-corrected chi connectivity index (χ2v) is 5.86. The highest BCUT2D eigenvalue weighted by Crippen LogP contribution is 2.26. The molecular formula is C15H24N2. The molecule has 1 aliphatic heterocycles. The zero-order chi connectivity index (χ0) is 12.5. The molecule has 0 fully saturated rings. The first-order valence-corrected chi connectivity index (χ1v) is 6.61. The SMILES string of the molecule is CCNc1ccc2c(c1)CCN(C(C)(C)C)C2. The molecule has 1 heterocycles. The summed E-state index contributed by atoms with van der Waals surface area (Å²) in [4.78, 5) is 2.56. The van der Waals surface area contributed by atoms with Crippen LogP contribution < -0.4 is 5.32 Å². The third kappa shape index (κ3) is 2.81. The van der Waals surface area contributed by atoms with Gasteiger partial charge in [0, 0.05) is 30.9 Å². The Bertz CT molecular complexity index is 390. The van der Waals surface area contributed by atoms with E-state index in [1.54, 1.807) is 0 Å². The van der Waals surface area contributed by atoms with Crippen LogP contribution in [0.25, 0.3) is 0 Å². The molecule has 0 radical (unpaired) electrons. The number of fused-ring (bicyclic) bond motifs is 1. The first kappa shape index (κ1) is 12.4. The maximum Gasteiger partial charge on any atom is 0.0343 e. The van der Waals surface area contributed by atoms with E-state index < -0.39 is 0 Å². The number of hydrogen-bond acceptors (Lipinski definition) is 2. The third-order valence-corrected chi connectivity index (χ3v) is 3.55. The van der Waals surface area contributed by atoms with Gasteiger partial charge < -0.3 is 5.32 Å². The maximum absolute atomic E-state index is 3.39. The van der Waals surface area contributed by atoms with Crippen LogP contribution >= 0.6 is 0 Å². The summed E-state index contributed by atoms with van der Waals surface area (Å²) in [6, 6.07) is 6.80. The molecule has 0 spiro atoms. The summed E-state index contributed by atoms with van der Waals surface area (Å²) in [6.07, 6.45) is 1.17. The molecule has 0 saturated carbocycles. The van der Waals surface area contributed by atoms with E-state index in [-0.39, 0.29) is 5.54 Å². The molecule has 2 nitrogen and oxygen atoms in total. The molecule has 1 N–H and O–H groups in total. The van der Waals surface area contributed by atoms with Gasteiger partial charge in [-0.15, -0.1) is 0 Å². The molecule has 0 unspecified atom stereocenters. The zero-order valence-corrected chi connectivity index (χ0v) is 11.5. The Morgan fingerprint density at radius 1 is 1.24 bits per heavy atom. The minimum atomic E-state index is 0.276. The molecule has 1 aliphatic rings. The highest BCUT2D eigenvalue weighted by atomic mass is 15.2. The van der Waals surface area contributed by atoms with E-state index in [0.29, 0.717) is 0 Å². The number of nitrogens with one attached hydrogen (secondary N) is 1. The molecule has 2 heteroatoms. The fraction of sp³-hybridized carbons (Fsp3) is 0.600. The first-order chi connectivity index (χ1) is 8.00. The fourth-order valence-electron chi connectivity index (χ4n) is 2.44. The van der Waals surface area contributed by atoms with Gasteiger partial charge in [0.25, 0.3) is 0 Å². The summed E-state index contributed by atoms with van der Waals surface area (Å²) in [5.74, 6) is 0. The number of rotatable bonds is 2. The Hall–Kier alpha value is -1.02. The summed E-state index contributed by atoms with van der Waals surface area (Å²) in [6.45, 7) is 12.3. The van der Waals surface area contributed by atoms with Gasteiger partial charge in [-0.05, 0) is 57.4 Å². The Morgan fingerprint density at radius 3 is 2.65 bits per heavy atom. The van der Waals surface area contributed by atoms with Crippen LogP contribution in [-0.2, 0) is 13.0 Å². The zero-order valence-electron chi connectivity index (χ0n) is 11.5. The predicted molar refractivity (Wildman–Crippen MR) is 74.5 cm³/mol. The van der Waals surface area contributed by atoms with Crippen molar-refractivity contribution in [3.8, 4) is 0 Å². The van der Waals surface area contributed by atoms with E-state index in [4.69, 9.17) is 0 Å². The van der Waals surface area contributed by atoms with Crippen molar-refractivity contribution in [3.63, 3.8) is 0 Å². The summed E-state index contributed by atoms with van der Waals surface area (Å²) in [5.41, 5.74) is 4.55. The monoisotopic (exact) mass is 232 g/mol. The van der Waals surface area contributed by atoms with Crippen molar-refractivity contribution in [3.05, 3.63) is 29.3 Å². The van der Waals surface area contributed by atoms with Gasteiger partial charge in [0.2, 0.25) is 0 Å². The van der Waals surface area contributed by atoms with Crippen molar-refractivity contribution in [1.29, 1.82) is 0 Å². The quantitative estimate of drug-likeness (QED) is 0.842. The normalized spacial score (nSPS) is 16.7. The molecular weight excluding hydrogens is 208 g/mol. The van der Waals surface area contributed by atoms with Crippen molar-refractivity contribution < 1.29 is 0 Å². The summed E-state index contributed by atoms with van der Waals surface area (Å²) >= 11 is 0. The lowest BCUT2D eigenvalue weighted by atomic mass is 9.95. The second kappa shape index (κ2) is 4.69. The Morgan fingerprint density at radius 2 is 2.00 bits per heavy atom. The van der Waals surface area contributed by atoms with Gasteiger partial charge in [-0.1, -0.05) is 6.07 Å². The van der Waals surface area contributed by atoms with Gasteiger partial charge in [0.1, 0.15) is 0 Å². The minimum Gasteiger partial charge on any atom is -0.385 e. The number of anilines is 1. The second-order valence-electron chi connectivity index (χ2n) is 5.86. The molecule has 0 aromatic heterocycles. The van der Waals surface area contributed by atoms with Gasteiger partial charge in [-0.2, -0.15) is 0 Å². The van der Waals surface area contributed by atoms with E-state index in [9.17, 15) is 0 Å². The van der Waals surface area contributed by atoms with E-state index in [1.165, 1.54) is 29.8 Å². The van der Waals surface area contributed by atoms with Crippen LogP contribution in [0.15, 0.2) is 18.2 Å². The minimum absolute atomic E-state index is 0.276. The molecule has 17 heavy (non-hydrogen) atoms. The van der Waals surface area contributed by atoms with Gasteiger partial charge in [0.15, 0.2) is 0 Å². The number of nitrogens with zero attached hydrogens (tertiary/aromatic N) is 1. The highest BCUT2D eigenvalue weighted by Gasteiger charge is 2.25. The van der Waals surface area contributed by atoms with E-state index >= 15 is 0 Å². The van der Waals surface area contributed by atoms with Crippen LogP contribution in [-0.4, -0.2) is 23.5 Å². The number of benzene rings is 1. The third-order valence-electron chi connectivity index (χ3n) is 3.55. The Balaban J connectivity index is 2.17. The summed E-state index contributed by atoms with van der Waals surface area (Å²) < 4.78 is 0. The van der Waals surface area contributed by atoms with Crippen molar-refractivity contribution in [2.24, 2.45) is 0 Å². The predicted octanol–water partition coefficient (Wildman–Crippen LogP) is 3.28. The molecule has 0 amide bonds. The molecule has 94 valence electrons. The Labute approximate surface area is 105 Å². The van der Waals surface area contributed by atoms with Gasteiger partial charge in [0.05, 0.1) is 0 Å². The van der Waals surface area contributed by atoms with Crippen LogP contribution in [0, 0.1) is 0 Å². The van der Waals surface area contributed by atoms with E-state index in [1.807, 2.05) is 0 Å². The largest absolute Gasteiger partial charge is 0.385 e. The molecule has 1 aromatic rings. The fourth-order valence-corrected chi connectivity index (χ4v) is 2.44. The first-order valence-electron chi connectivity index (χ1n) is 6.61. The van der Waals surface area contributed by atoms with Crippen molar-refractivity contribution in [2.45, 2.75) is 46.2 Å². The topological polar surface area (TPSA) is 15.3 Å².